The van der Waals surface area contributed by atoms with Crippen LogP contribution >= 0.6 is 0 Å². The van der Waals surface area contributed by atoms with Gasteiger partial charge in [0.05, 0.1) is 11.8 Å². The minimum Gasteiger partial charge on any atom is -0.347 e. The molecular formula is C13H18N4O2S. The van der Waals surface area contributed by atoms with Gasteiger partial charge < -0.3 is 4.98 Å². The summed E-state index contributed by atoms with van der Waals surface area (Å²) < 4.78 is 26.9. The smallest absolute Gasteiger partial charge is 0.212 e. The first-order chi connectivity index (χ1) is 9.61. The van der Waals surface area contributed by atoms with E-state index in [0.717, 1.165) is 5.56 Å². The Morgan fingerprint density at radius 2 is 2.05 bits per heavy atom. The molecule has 6 nitrogen and oxygen atoms in total. The highest BCUT2D eigenvalue weighted by atomic mass is 32.2. The molecule has 0 bridgehead atoms. The van der Waals surface area contributed by atoms with Crippen LogP contribution in [0.25, 0.3) is 0 Å². The van der Waals surface area contributed by atoms with Gasteiger partial charge in [0.1, 0.15) is 5.82 Å². The van der Waals surface area contributed by atoms with Crippen LogP contribution in [0.15, 0.2) is 36.9 Å². The summed E-state index contributed by atoms with van der Waals surface area (Å²) in [5.41, 5.74) is 0.955. The molecule has 0 amide bonds. The standard InChI is InChI=1S/C13H18N4O2S/c1-2-12(13-15-8-9-16-13)17-20(18,19)10-5-11-3-6-14-7-4-11/h3-4,6-9,12,17H,2,5,10H2,1H3,(H,15,16). The summed E-state index contributed by atoms with van der Waals surface area (Å²) in [4.78, 5) is 10.9. The number of aryl methyl sites for hydroxylation is 1. The molecule has 0 aliphatic carbocycles. The molecule has 0 saturated heterocycles. The van der Waals surface area contributed by atoms with E-state index < -0.39 is 10.0 Å². The number of nitrogens with zero attached hydrogens (tertiary/aromatic N) is 2. The summed E-state index contributed by atoms with van der Waals surface area (Å²) in [5.74, 6) is 0.689. The van der Waals surface area contributed by atoms with Crippen LogP contribution in [-0.2, 0) is 16.4 Å². The van der Waals surface area contributed by atoms with E-state index in [1.165, 1.54) is 0 Å². The first-order valence-electron chi connectivity index (χ1n) is 6.49. The molecule has 0 aliphatic heterocycles. The molecule has 7 heteroatoms. The summed E-state index contributed by atoms with van der Waals surface area (Å²) in [6.07, 6.45) is 7.72. The Labute approximate surface area is 118 Å². The summed E-state index contributed by atoms with van der Waals surface area (Å²) in [6.45, 7) is 1.92. The topological polar surface area (TPSA) is 87.7 Å². The highest BCUT2D eigenvalue weighted by Gasteiger charge is 2.19. The van der Waals surface area contributed by atoms with E-state index in [4.69, 9.17) is 0 Å². The van der Waals surface area contributed by atoms with Crippen molar-refractivity contribution in [3.63, 3.8) is 0 Å². The van der Waals surface area contributed by atoms with Gasteiger partial charge in [-0.2, -0.15) is 0 Å². The zero-order chi connectivity index (χ0) is 14.4. The largest absolute Gasteiger partial charge is 0.347 e. The molecule has 0 spiro atoms. The van der Waals surface area contributed by atoms with Crippen molar-refractivity contribution >= 4 is 10.0 Å². The zero-order valence-corrected chi connectivity index (χ0v) is 12.1. The predicted octanol–water partition coefficient (Wildman–Crippen LogP) is 1.42. The monoisotopic (exact) mass is 294 g/mol. The lowest BCUT2D eigenvalue weighted by atomic mass is 10.2. The van der Waals surface area contributed by atoms with Gasteiger partial charge >= 0.3 is 0 Å². The van der Waals surface area contributed by atoms with Crippen LogP contribution in [0.3, 0.4) is 0 Å². The van der Waals surface area contributed by atoms with Gasteiger partial charge in [0, 0.05) is 24.8 Å². The average molecular weight is 294 g/mol. The van der Waals surface area contributed by atoms with Crippen molar-refractivity contribution in [2.24, 2.45) is 0 Å². The maximum atomic E-state index is 12.1. The van der Waals surface area contributed by atoms with Crippen LogP contribution < -0.4 is 4.72 Å². The van der Waals surface area contributed by atoms with Crippen molar-refractivity contribution in [2.75, 3.05) is 5.75 Å². The van der Waals surface area contributed by atoms with Gasteiger partial charge in [0.15, 0.2) is 0 Å². The Kier molecular flexibility index (Phi) is 4.86. The molecule has 2 rings (SSSR count). The van der Waals surface area contributed by atoms with Crippen LogP contribution in [0.2, 0.25) is 0 Å². The molecule has 1 atom stereocenters. The molecule has 0 radical (unpaired) electrons. The molecule has 2 N–H and O–H groups in total. The molecule has 1 unspecified atom stereocenters. The van der Waals surface area contributed by atoms with E-state index in [0.29, 0.717) is 18.7 Å². The second-order valence-corrected chi connectivity index (χ2v) is 6.35. The Morgan fingerprint density at radius 1 is 1.30 bits per heavy atom. The van der Waals surface area contributed by atoms with Crippen LogP contribution in [0.5, 0.6) is 0 Å². The Hall–Kier alpha value is -1.73. The van der Waals surface area contributed by atoms with E-state index in [1.807, 2.05) is 19.1 Å². The Morgan fingerprint density at radius 3 is 2.65 bits per heavy atom. The van der Waals surface area contributed by atoms with Crippen molar-refractivity contribution < 1.29 is 8.42 Å². The fraction of sp³-hybridized carbons (Fsp3) is 0.385. The molecule has 0 saturated carbocycles. The normalized spacial score (nSPS) is 13.2. The lowest BCUT2D eigenvalue weighted by Gasteiger charge is -2.14. The second-order valence-electron chi connectivity index (χ2n) is 4.48. The van der Waals surface area contributed by atoms with Gasteiger partial charge in [0.25, 0.3) is 0 Å². The lowest BCUT2D eigenvalue weighted by molar-refractivity contribution is 0.539. The van der Waals surface area contributed by atoms with Crippen LogP contribution in [-0.4, -0.2) is 29.1 Å². The van der Waals surface area contributed by atoms with E-state index in [1.54, 1.807) is 24.8 Å². The minimum atomic E-state index is -3.35. The number of aromatic amines is 1. The number of imidazole rings is 1. The Bertz CT molecular complexity index is 611. The fourth-order valence-corrected chi connectivity index (χ4v) is 3.21. The second kappa shape index (κ2) is 6.62. The van der Waals surface area contributed by atoms with Gasteiger partial charge in [0.2, 0.25) is 10.0 Å². The summed E-state index contributed by atoms with van der Waals surface area (Å²) in [6, 6.07) is 3.33. The minimum absolute atomic E-state index is 0.0498. The summed E-state index contributed by atoms with van der Waals surface area (Å²) in [7, 11) is -3.35. The number of hydrogen-bond acceptors (Lipinski definition) is 4. The maximum Gasteiger partial charge on any atom is 0.212 e. The summed E-state index contributed by atoms with van der Waals surface area (Å²) in [5, 5.41) is 0. The first kappa shape index (κ1) is 14.7. The predicted molar refractivity (Wildman–Crippen MR) is 76.5 cm³/mol. The molecule has 0 aromatic carbocycles. The van der Waals surface area contributed by atoms with E-state index in [-0.39, 0.29) is 11.8 Å². The van der Waals surface area contributed by atoms with Crippen molar-refractivity contribution in [2.45, 2.75) is 25.8 Å². The van der Waals surface area contributed by atoms with Gasteiger partial charge in [-0.1, -0.05) is 6.92 Å². The van der Waals surface area contributed by atoms with E-state index in [2.05, 4.69) is 19.7 Å². The van der Waals surface area contributed by atoms with Crippen molar-refractivity contribution in [1.29, 1.82) is 0 Å². The van der Waals surface area contributed by atoms with Crippen molar-refractivity contribution in [3.05, 3.63) is 48.3 Å². The molecule has 0 aliphatic rings. The zero-order valence-electron chi connectivity index (χ0n) is 11.3. The molecule has 108 valence electrons. The maximum absolute atomic E-state index is 12.1. The number of H-pyrrole nitrogens is 1. The number of hydrogen-bond donors (Lipinski definition) is 2. The molecule has 0 fully saturated rings. The number of nitrogens with one attached hydrogen (secondary N) is 2. The number of sulfonamides is 1. The molecule has 2 heterocycles. The SMILES string of the molecule is CCC(NS(=O)(=O)CCc1ccncc1)c1ncc[nH]1. The van der Waals surface area contributed by atoms with Crippen molar-refractivity contribution in [3.8, 4) is 0 Å². The number of rotatable bonds is 7. The van der Waals surface area contributed by atoms with E-state index in [9.17, 15) is 8.42 Å². The van der Waals surface area contributed by atoms with Crippen LogP contribution in [0.1, 0.15) is 30.8 Å². The number of aromatic nitrogens is 3. The van der Waals surface area contributed by atoms with Crippen molar-refractivity contribution in [1.82, 2.24) is 19.7 Å². The van der Waals surface area contributed by atoms with Gasteiger partial charge in [-0.25, -0.2) is 18.1 Å². The van der Waals surface area contributed by atoms with Gasteiger partial charge in [-0.15, -0.1) is 0 Å². The average Bonchev–Trinajstić information content (AvgIpc) is 2.98. The van der Waals surface area contributed by atoms with Gasteiger partial charge in [-0.3, -0.25) is 4.98 Å². The Balaban J connectivity index is 1.96. The third-order valence-electron chi connectivity index (χ3n) is 2.99. The van der Waals surface area contributed by atoms with Crippen LogP contribution in [0, 0.1) is 0 Å². The third kappa shape index (κ3) is 4.14. The molecule has 2 aromatic rings. The number of pyridine rings is 1. The molecule has 20 heavy (non-hydrogen) atoms. The van der Waals surface area contributed by atoms with E-state index >= 15 is 0 Å². The van der Waals surface area contributed by atoms with Gasteiger partial charge in [-0.05, 0) is 30.5 Å². The molecular weight excluding hydrogens is 276 g/mol. The molecule has 2 aromatic heterocycles. The van der Waals surface area contributed by atoms with Crippen LogP contribution in [0.4, 0.5) is 0 Å². The third-order valence-corrected chi connectivity index (χ3v) is 4.37. The highest BCUT2D eigenvalue weighted by Crippen LogP contribution is 2.13. The quantitative estimate of drug-likeness (QED) is 0.808. The highest BCUT2D eigenvalue weighted by molar-refractivity contribution is 7.89. The lowest BCUT2D eigenvalue weighted by Crippen LogP contribution is -2.31. The summed E-state index contributed by atoms with van der Waals surface area (Å²) >= 11 is 0. The fourth-order valence-electron chi connectivity index (χ4n) is 1.88. The first-order valence-corrected chi connectivity index (χ1v) is 8.14.